The second-order valence-electron chi connectivity index (χ2n) is 7.56. The van der Waals surface area contributed by atoms with Crippen LogP contribution in [0.5, 0.6) is 0 Å². The van der Waals surface area contributed by atoms with Crippen molar-refractivity contribution in [2.45, 2.75) is 24.8 Å². The maximum Gasteiger partial charge on any atom is 0.328 e. The van der Waals surface area contributed by atoms with E-state index in [9.17, 15) is 18.0 Å². The second-order valence-corrected chi connectivity index (χ2v) is 9.77. The van der Waals surface area contributed by atoms with Gasteiger partial charge in [-0.3, -0.25) is 9.69 Å². The van der Waals surface area contributed by atoms with Crippen molar-refractivity contribution in [2.75, 3.05) is 39.3 Å². The molecule has 0 bridgehead atoms. The molecule has 0 radical (unpaired) electrons. The van der Waals surface area contributed by atoms with Gasteiger partial charge in [-0.25, -0.2) is 17.9 Å². The summed E-state index contributed by atoms with van der Waals surface area (Å²) in [5, 5.41) is 0.579. The first-order chi connectivity index (χ1) is 15.8. The summed E-state index contributed by atoms with van der Waals surface area (Å²) in [6.45, 7) is 5.71. The third kappa shape index (κ3) is 6.11. The van der Waals surface area contributed by atoms with Crippen LogP contribution in [0.4, 0.5) is 0 Å². The molecular weight excluding hydrogens is 466 g/mol. The Kier molecular flexibility index (Phi) is 8.47. The first-order valence-electron chi connectivity index (χ1n) is 10.8. The van der Waals surface area contributed by atoms with E-state index in [-0.39, 0.29) is 29.9 Å². The highest BCUT2D eigenvalue weighted by Gasteiger charge is 2.33. The Morgan fingerprint density at radius 2 is 1.73 bits per heavy atom. The van der Waals surface area contributed by atoms with Crippen LogP contribution in [0.2, 0.25) is 5.02 Å². The van der Waals surface area contributed by atoms with Gasteiger partial charge in [-0.1, -0.05) is 36.7 Å². The van der Waals surface area contributed by atoms with Crippen LogP contribution in [-0.4, -0.2) is 69.4 Å². The summed E-state index contributed by atoms with van der Waals surface area (Å²) in [6.07, 6.45) is 0. The van der Waals surface area contributed by atoms with Crippen molar-refractivity contribution in [1.82, 2.24) is 14.5 Å². The zero-order chi connectivity index (χ0) is 24.0. The molecule has 1 atom stereocenters. The second kappa shape index (κ2) is 11.1. The molecule has 0 saturated carbocycles. The smallest absolute Gasteiger partial charge is 0.328 e. The number of benzene rings is 2. The van der Waals surface area contributed by atoms with Crippen LogP contribution >= 0.6 is 11.6 Å². The number of carbonyl (C=O) groups is 2. The Balaban J connectivity index is 1.73. The van der Waals surface area contributed by atoms with Crippen molar-refractivity contribution >= 4 is 33.5 Å². The fourth-order valence-electron chi connectivity index (χ4n) is 3.80. The van der Waals surface area contributed by atoms with Crippen molar-refractivity contribution in [3.63, 3.8) is 0 Å². The predicted octanol–water partition coefficient (Wildman–Crippen LogP) is 2.70. The molecule has 1 aliphatic rings. The summed E-state index contributed by atoms with van der Waals surface area (Å²) in [5.74, 6) is -0.594. The number of nitrogens with one attached hydrogen (secondary N) is 1. The molecule has 2 aromatic rings. The molecule has 1 amide bonds. The molecule has 1 fully saturated rings. The molecule has 1 heterocycles. The van der Waals surface area contributed by atoms with Crippen LogP contribution < -0.4 is 4.72 Å². The van der Waals surface area contributed by atoms with Gasteiger partial charge in [-0.05, 0) is 42.8 Å². The van der Waals surface area contributed by atoms with Crippen LogP contribution in [0, 0.1) is 0 Å². The lowest BCUT2D eigenvalue weighted by atomic mass is 10.0. The third-order valence-corrected chi connectivity index (χ3v) is 7.18. The van der Waals surface area contributed by atoms with Gasteiger partial charge in [0.25, 0.3) is 5.91 Å². The van der Waals surface area contributed by atoms with Gasteiger partial charge in [0.05, 0.1) is 11.5 Å². The number of piperazine rings is 1. The van der Waals surface area contributed by atoms with Crippen LogP contribution in [0.3, 0.4) is 0 Å². The largest absolute Gasteiger partial charge is 0.465 e. The molecule has 178 valence electrons. The number of amides is 1. The summed E-state index contributed by atoms with van der Waals surface area (Å²) in [7, 11) is -3.66. The number of hydrogen-bond acceptors (Lipinski definition) is 6. The van der Waals surface area contributed by atoms with Gasteiger partial charge in [-0.2, -0.15) is 0 Å². The summed E-state index contributed by atoms with van der Waals surface area (Å²) in [5.41, 5.74) is 1.08. The lowest BCUT2D eigenvalue weighted by Crippen LogP contribution is -2.51. The van der Waals surface area contributed by atoms with Crippen molar-refractivity contribution < 1.29 is 22.7 Å². The molecule has 0 spiro atoms. The van der Waals surface area contributed by atoms with Gasteiger partial charge in [-0.15, -0.1) is 0 Å². The molecule has 8 nitrogen and oxygen atoms in total. The van der Waals surface area contributed by atoms with E-state index >= 15 is 0 Å². The highest BCUT2D eigenvalue weighted by atomic mass is 35.5. The minimum Gasteiger partial charge on any atom is -0.465 e. The number of halogens is 1. The molecule has 1 saturated heterocycles. The Hall–Kier alpha value is -2.46. The number of ether oxygens (including phenoxy) is 1. The van der Waals surface area contributed by atoms with Crippen LogP contribution in [-0.2, 0) is 19.6 Å². The Morgan fingerprint density at radius 3 is 2.33 bits per heavy atom. The number of sulfonamides is 1. The topological polar surface area (TPSA) is 96.0 Å². The molecular formula is C23H28ClN3O5S. The summed E-state index contributed by atoms with van der Waals surface area (Å²) in [6, 6.07) is 12.5. The van der Waals surface area contributed by atoms with Gasteiger partial charge in [0.1, 0.15) is 6.04 Å². The number of esters is 1. The quantitative estimate of drug-likeness (QED) is 0.568. The molecule has 1 unspecified atom stereocenters. The van der Waals surface area contributed by atoms with Gasteiger partial charge < -0.3 is 9.64 Å². The third-order valence-electron chi connectivity index (χ3n) is 5.39. The zero-order valence-corrected chi connectivity index (χ0v) is 20.2. The molecule has 1 N–H and O–H groups in total. The van der Waals surface area contributed by atoms with Crippen LogP contribution in [0.25, 0.3) is 0 Å². The van der Waals surface area contributed by atoms with E-state index in [1.807, 2.05) is 4.90 Å². The van der Waals surface area contributed by atoms with E-state index in [0.717, 1.165) is 5.56 Å². The van der Waals surface area contributed by atoms with Gasteiger partial charge in [0.2, 0.25) is 10.0 Å². The van der Waals surface area contributed by atoms with E-state index in [1.165, 1.54) is 12.1 Å². The lowest BCUT2D eigenvalue weighted by Gasteiger charge is -2.38. The zero-order valence-electron chi connectivity index (χ0n) is 18.7. The normalized spacial score (nSPS) is 15.8. The molecule has 3 rings (SSSR count). The fraction of sp³-hybridized carbons (Fsp3) is 0.391. The van der Waals surface area contributed by atoms with Crippen molar-refractivity contribution in [3.8, 4) is 0 Å². The first-order valence-corrected chi connectivity index (χ1v) is 12.7. The Bertz CT molecular complexity index is 1080. The van der Waals surface area contributed by atoms with E-state index in [1.54, 1.807) is 55.1 Å². The highest BCUT2D eigenvalue weighted by Crippen LogP contribution is 2.26. The highest BCUT2D eigenvalue weighted by molar-refractivity contribution is 7.89. The van der Waals surface area contributed by atoms with E-state index in [2.05, 4.69) is 4.72 Å². The number of rotatable bonds is 8. The number of hydrogen-bond donors (Lipinski definition) is 1. The maximum absolute atomic E-state index is 13.0. The molecule has 0 aliphatic carbocycles. The van der Waals surface area contributed by atoms with Gasteiger partial charge >= 0.3 is 5.97 Å². The summed E-state index contributed by atoms with van der Waals surface area (Å²) < 4.78 is 32.3. The Morgan fingerprint density at radius 1 is 1.06 bits per heavy atom. The molecule has 1 aliphatic heterocycles. The minimum absolute atomic E-state index is 0.0546. The van der Waals surface area contributed by atoms with Crippen LogP contribution in [0.1, 0.15) is 35.8 Å². The van der Waals surface area contributed by atoms with Crippen LogP contribution in [0.15, 0.2) is 53.4 Å². The van der Waals surface area contributed by atoms with Crippen molar-refractivity contribution in [3.05, 3.63) is 64.7 Å². The maximum atomic E-state index is 13.0. The molecule has 33 heavy (non-hydrogen) atoms. The van der Waals surface area contributed by atoms with Crippen molar-refractivity contribution in [1.29, 1.82) is 0 Å². The number of carbonyl (C=O) groups excluding carboxylic acids is 2. The molecule has 10 heteroatoms. The van der Waals surface area contributed by atoms with E-state index in [0.29, 0.717) is 36.8 Å². The van der Waals surface area contributed by atoms with Gasteiger partial charge in [0.15, 0.2) is 0 Å². The van der Waals surface area contributed by atoms with E-state index in [4.69, 9.17) is 16.3 Å². The monoisotopic (exact) mass is 493 g/mol. The van der Waals surface area contributed by atoms with Crippen molar-refractivity contribution in [2.24, 2.45) is 0 Å². The summed E-state index contributed by atoms with van der Waals surface area (Å²) in [4.78, 5) is 29.5. The van der Waals surface area contributed by atoms with E-state index < -0.39 is 16.1 Å². The average molecular weight is 494 g/mol. The molecule has 2 aromatic carbocycles. The first kappa shape index (κ1) is 25.2. The lowest BCUT2D eigenvalue weighted by molar-refractivity contribution is -0.150. The molecule has 0 aromatic heterocycles. The average Bonchev–Trinajstić information content (AvgIpc) is 2.81. The fourth-order valence-corrected chi connectivity index (χ4v) is 5.01. The minimum atomic E-state index is -3.66. The van der Waals surface area contributed by atoms with Gasteiger partial charge in [0, 0.05) is 43.3 Å². The standard InChI is InChI=1S/C23H28ClN3O5S/c1-3-25-33(30,31)20-7-5-6-18(16-20)22(28)27-14-12-26(13-15-27)21(23(29)32-4-2)17-8-10-19(24)11-9-17/h5-11,16,21,25H,3-4,12-15H2,1-2H3. The Labute approximate surface area is 199 Å². The predicted molar refractivity (Wildman–Crippen MR) is 126 cm³/mol. The SMILES string of the molecule is CCNS(=O)(=O)c1cccc(C(=O)N2CCN(C(C(=O)OCC)c3ccc(Cl)cc3)CC2)c1. The summed E-state index contributed by atoms with van der Waals surface area (Å²) >= 11 is 6.00. The number of nitrogens with zero attached hydrogens (tertiary/aromatic N) is 2.